The van der Waals surface area contributed by atoms with Crippen molar-refractivity contribution in [2.24, 2.45) is 0 Å². The molecule has 0 radical (unpaired) electrons. The van der Waals surface area contributed by atoms with Crippen LogP contribution in [-0.4, -0.2) is 45.8 Å². The van der Waals surface area contributed by atoms with Gasteiger partial charge in [-0.25, -0.2) is 4.79 Å². The second kappa shape index (κ2) is 10.4. The Morgan fingerprint density at radius 1 is 0.964 bits per heavy atom. The van der Waals surface area contributed by atoms with Gasteiger partial charge in [0.2, 0.25) is 5.91 Å². The van der Waals surface area contributed by atoms with Crippen molar-refractivity contribution in [1.29, 1.82) is 0 Å². The third-order valence-electron chi connectivity index (χ3n) is 4.05. The summed E-state index contributed by atoms with van der Waals surface area (Å²) in [6.45, 7) is 0. The number of phenols is 1. The van der Waals surface area contributed by atoms with Crippen molar-refractivity contribution in [2.45, 2.75) is 24.9 Å². The Kier molecular flexibility index (Phi) is 7.88. The number of carboxylic acid groups (broad SMARTS) is 1. The van der Waals surface area contributed by atoms with Crippen LogP contribution in [0.4, 0.5) is 0 Å². The van der Waals surface area contributed by atoms with Crippen LogP contribution in [0.5, 0.6) is 5.75 Å². The van der Waals surface area contributed by atoms with Gasteiger partial charge >= 0.3 is 5.97 Å². The average molecular weight is 402 g/mol. The smallest absolute Gasteiger partial charge is 0.326 e. The van der Waals surface area contributed by atoms with E-state index in [-0.39, 0.29) is 24.2 Å². The summed E-state index contributed by atoms with van der Waals surface area (Å²) < 4.78 is 0. The minimum absolute atomic E-state index is 0.0725. The molecule has 0 saturated carbocycles. The maximum atomic E-state index is 12.6. The van der Waals surface area contributed by atoms with Crippen LogP contribution in [0, 0.1) is 0 Å². The Morgan fingerprint density at radius 3 is 2.29 bits per heavy atom. The number of hydrogen-bond acceptors (Lipinski definition) is 5. The van der Waals surface area contributed by atoms with Gasteiger partial charge in [0.25, 0.3) is 5.91 Å². The van der Waals surface area contributed by atoms with E-state index in [2.05, 4.69) is 23.3 Å². The molecule has 0 aliphatic carbocycles. The zero-order chi connectivity index (χ0) is 20.5. The zero-order valence-electron chi connectivity index (χ0n) is 15.0. The summed E-state index contributed by atoms with van der Waals surface area (Å²) in [5.41, 5.74) is 0.959. The van der Waals surface area contributed by atoms with Gasteiger partial charge in [-0.2, -0.15) is 12.6 Å². The quantitative estimate of drug-likeness (QED) is 0.409. The first-order valence-electron chi connectivity index (χ1n) is 8.68. The summed E-state index contributed by atoms with van der Waals surface area (Å²) in [5, 5.41) is 24.0. The van der Waals surface area contributed by atoms with Gasteiger partial charge in [0.15, 0.2) is 0 Å². The highest BCUT2D eigenvalue weighted by molar-refractivity contribution is 7.80. The molecule has 0 fully saturated rings. The molecule has 2 rings (SSSR count). The highest BCUT2D eigenvalue weighted by Crippen LogP contribution is 2.11. The molecular weight excluding hydrogens is 380 g/mol. The first kappa shape index (κ1) is 21.3. The third-order valence-corrected chi connectivity index (χ3v) is 4.30. The summed E-state index contributed by atoms with van der Waals surface area (Å²) in [4.78, 5) is 36.5. The lowest BCUT2D eigenvalue weighted by molar-refractivity contribution is -0.142. The van der Waals surface area contributed by atoms with E-state index in [1.54, 1.807) is 24.3 Å². The van der Waals surface area contributed by atoms with Crippen molar-refractivity contribution in [3.05, 3.63) is 65.7 Å². The van der Waals surface area contributed by atoms with Gasteiger partial charge in [-0.3, -0.25) is 9.59 Å². The van der Waals surface area contributed by atoms with Crippen LogP contribution in [0.25, 0.3) is 0 Å². The molecule has 4 N–H and O–H groups in total. The summed E-state index contributed by atoms with van der Waals surface area (Å²) in [5.74, 6) is -2.08. The van der Waals surface area contributed by atoms with Crippen LogP contribution in [0.1, 0.15) is 22.3 Å². The second-order valence-corrected chi connectivity index (χ2v) is 6.63. The predicted molar refractivity (Wildman–Crippen MR) is 108 cm³/mol. The van der Waals surface area contributed by atoms with Crippen LogP contribution >= 0.6 is 12.6 Å². The molecule has 8 heteroatoms. The molecule has 2 aromatic rings. The Morgan fingerprint density at radius 2 is 1.68 bits per heavy atom. The highest BCUT2D eigenvalue weighted by Gasteiger charge is 2.26. The third kappa shape index (κ3) is 6.31. The molecular formula is C20H22N2O5S. The van der Waals surface area contributed by atoms with Gasteiger partial charge in [0.1, 0.15) is 17.8 Å². The van der Waals surface area contributed by atoms with Crippen molar-refractivity contribution in [2.75, 3.05) is 5.75 Å². The summed E-state index contributed by atoms with van der Waals surface area (Å²) in [7, 11) is 0. The van der Waals surface area contributed by atoms with Gasteiger partial charge in [0.05, 0.1) is 0 Å². The fraction of sp³-hybridized carbons (Fsp3) is 0.250. The number of aliphatic carboxylic acids is 1. The maximum Gasteiger partial charge on any atom is 0.326 e. The molecule has 0 heterocycles. The summed E-state index contributed by atoms with van der Waals surface area (Å²) in [6.07, 6.45) is 0.340. The molecule has 0 aromatic heterocycles. The van der Waals surface area contributed by atoms with Crippen LogP contribution in [-0.2, 0) is 16.0 Å². The van der Waals surface area contributed by atoms with Crippen LogP contribution in [0.15, 0.2) is 54.6 Å². The van der Waals surface area contributed by atoms with E-state index in [0.717, 1.165) is 5.56 Å². The number of carbonyl (C=O) groups is 3. The number of benzene rings is 2. The van der Waals surface area contributed by atoms with Crippen molar-refractivity contribution in [1.82, 2.24) is 10.6 Å². The topological polar surface area (TPSA) is 116 Å². The number of hydrogen-bond donors (Lipinski definition) is 5. The molecule has 0 aliphatic rings. The second-order valence-electron chi connectivity index (χ2n) is 6.18. The molecule has 0 spiro atoms. The fourth-order valence-electron chi connectivity index (χ4n) is 2.61. The number of thiol groups is 1. The van der Waals surface area contributed by atoms with Crippen molar-refractivity contribution in [3.63, 3.8) is 0 Å². The lowest BCUT2D eigenvalue weighted by Crippen LogP contribution is -2.52. The van der Waals surface area contributed by atoms with E-state index in [4.69, 9.17) is 0 Å². The number of carbonyl (C=O) groups excluding carboxylic acids is 2. The molecule has 2 aromatic carbocycles. The minimum Gasteiger partial charge on any atom is -0.508 e. The van der Waals surface area contributed by atoms with Gasteiger partial charge in [-0.05, 0) is 35.9 Å². The molecule has 28 heavy (non-hydrogen) atoms. The van der Waals surface area contributed by atoms with Gasteiger partial charge in [-0.1, -0.05) is 36.4 Å². The molecule has 148 valence electrons. The van der Waals surface area contributed by atoms with E-state index in [1.807, 2.05) is 6.07 Å². The maximum absolute atomic E-state index is 12.6. The zero-order valence-corrected chi connectivity index (χ0v) is 15.9. The number of aromatic hydroxyl groups is 1. The average Bonchev–Trinajstić information content (AvgIpc) is 2.67. The monoisotopic (exact) mass is 402 g/mol. The largest absolute Gasteiger partial charge is 0.508 e. The van der Waals surface area contributed by atoms with E-state index >= 15 is 0 Å². The van der Waals surface area contributed by atoms with Crippen molar-refractivity contribution >= 4 is 30.4 Å². The normalized spacial score (nSPS) is 12.6. The Hall–Kier alpha value is -3.00. The number of phenolic OH excluding ortho intramolecular Hbond substituents is 1. The molecule has 0 aliphatic heterocycles. The molecule has 0 bridgehead atoms. The molecule has 7 nitrogen and oxygen atoms in total. The fourth-order valence-corrected chi connectivity index (χ4v) is 2.87. The molecule has 0 saturated heterocycles. The van der Waals surface area contributed by atoms with Crippen molar-refractivity contribution in [3.8, 4) is 5.75 Å². The van der Waals surface area contributed by atoms with Gasteiger partial charge in [-0.15, -0.1) is 0 Å². The molecule has 2 atom stereocenters. The Balaban J connectivity index is 2.07. The highest BCUT2D eigenvalue weighted by atomic mass is 32.1. The minimum atomic E-state index is -1.17. The Labute approximate surface area is 168 Å². The van der Waals surface area contributed by atoms with E-state index < -0.39 is 29.9 Å². The summed E-state index contributed by atoms with van der Waals surface area (Å²) >= 11 is 4.10. The van der Waals surface area contributed by atoms with Crippen LogP contribution in [0.3, 0.4) is 0 Å². The first-order chi connectivity index (χ1) is 13.4. The van der Waals surface area contributed by atoms with Crippen molar-refractivity contribution < 1.29 is 24.6 Å². The molecule has 2 amide bonds. The number of rotatable bonds is 9. The predicted octanol–water partition coefficient (Wildman–Crippen LogP) is 1.62. The van der Waals surface area contributed by atoms with Gasteiger partial charge in [0, 0.05) is 12.0 Å². The van der Waals surface area contributed by atoms with Crippen LogP contribution < -0.4 is 10.6 Å². The van der Waals surface area contributed by atoms with Crippen LogP contribution in [0.2, 0.25) is 0 Å². The Bertz CT molecular complexity index is 828. The van der Waals surface area contributed by atoms with E-state index in [1.165, 1.54) is 24.3 Å². The van der Waals surface area contributed by atoms with E-state index in [0.29, 0.717) is 5.75 Å². The van der Waals surface area contributed by atoms with Gasteiger partial charge < -0.3 is 20.8 Å². The lowest BCUT2D eigenvalue weighted by atomic mass is 10.1. The first-order valence-corrected chi connectivity index (χ1v) is 9.32. The lowest BCUT2D eigenvalue weighted by Gasteiger charge is -2.21. The SMILES string of the molecule is O=C(NC(CCS)C(=O)N[C@H](Cc1ccccc1)C(=O)O)c1cccc(O)c1. The number of amides is 2. The number of nitrogens with one attached hydrogen (secondary N) is 2. The van der Waals surface area contributed by atoms with E-state index in [9.17, 15) is 24.6 Å². The number of carboxylic acids is 1. The summed E-state index contributed by atoms with van der Waals surface area (Å²) in [6, 6.07) is 12.6. The standard InChI is InChI=1S/C20H22N2O5S/c23-15-8-4-7-14(12-15)18(24)21-16(9-10-28)19(25)22-17(20(26)27)11-13-5-2-1-3-6-13/h1-8,12,16-17,23,28H,9-11H2,(H,21,24)(H,22,25)(H,26,27)/t16?,17-/m1/s1. The molecule has 1 unspecified atom stereocenters.